The Kier molecular flexibility index (Phi) is 5.14. The molecule has 2 N–H and O–H groups in total. The van der Waals surface area contributed by atoms with E-state index in [0.29, 0.717) is 5.69 Å². The molecular formula is C13H17ClFNO3. The van der Waals surface area contributed by atoms with E-state index in [0.717, 1.165) is 6.07 Å². The molecule has 0 aromatic heterocycles. The van der Waals surface area contributed by atoms with Crippen molar-refractivity contribution in [3.8, 4) is 0 Å². The molecular weight excluding hydrogens is 273 g/mol. The summed E-state index contributed by atoms with van der Waals surface area (Å²) >= 11 is 5.47. The molecule has 0 radical (unpaired) electrons. The zero-order valence-electron chi connectivity index (χ0n) is 11.0. The Morgan fingerprint density at radius 3 is 2.68 bits per heavy atom. The molecule has 0 fully saturated rings. The lowest BCUT2D eigenvalue weighted by atomic mass is 10.1. The van der Waals surface area contributed by atoms with Gasteiger partial charge in [0.2, 0.25) is 0 Å². The number of aliphatic hydroxyl groups is 1. The fourth-order valence-corrected chi connectivity index (χ4v) is 1.55. The first kappa shape index (κ1) is 15.7. The number of benzene rings is 1. The smallest absolute Gasteiger partial charge is 0.412 e. The molecule has 0 spiro atoms. The lowest BCUT2D eigenvalue weighted by molar-refractivity contribution is 0.0636. The topological polar surface area (TPSA) is 58.6 Å². The summed E-state index contributed by atoms with van der Waals surface area (Å²) in [5.41, 5.74) is -0.263. The minimum atomic E-state index is -1.12. The highest BCUT2D eigenvalue weighted by molar-refractivity contribution is 6.18. The summed E-state index contributed by atoms with van der Waals surface area (Å²) in [7, 11) is 0. The van der Waals surface area contributed by atoms with Gasteiger partial charge in [0.15, 0.2) is 0 Å². The highest BCUT2D eigenvalue weighted by atomic mass is 35.5. The Balaban J connectivity index is 2.83. The van der Waals surface area contributed by atoms with Crippen molar-refractivity contribution in [1.29, 1.82) is 0 Å². The molecule has 0 aliphatic heterocycles. The second kappa shape index (κ2) is 6.21. The van der Waals surface area contributed by atoms with Crippen LogP contribution in [0.4, 0.5) is 14.9 Å². The third-order valence-corrected chi connectivity index (χ3v) is 2.44. The maximum Gasteiger partial charge on any atom is 0.412 e. The third kappa shape index (κ3) is 5.04. The Morgan fingerprint density at radius 1 is 1.53 bits per heavy atom. The highest BCUT2D eigenvalue weighted by Gasteiger charge is 2.17. The fraction of sp³-hybridized carbons (Fsp3) is 0.462. The number of carbonyl (C=O) groups is 1. The summed E-state index contributed by atoms with van der Waals surface area (Å²) in [6.07, 6.45) is -1.77. The number of aliphatic hydroxyl groups excluding tert-OH is 1. The molecule has 106 valence electrons. The van der Waals surface area contributed by atoms with Gasteiger partial charge in [-0.05, 0) is 39.0 Å². The first-order valence-electron chi connectivity index (χ1n) is 5.76. The summed E-state index contributed by atoms with van der Waals surface area (Å²) in [5, 5.41) is 12.0. The van der Waals surface area contributed by atoms with Gasteiger partial charge in [-0.15, -0.1) is 11.6 Å². The number of rotatable bonds is 3. The van der Waals surface area contributed by atoms with Gasteiger partial charge < -0.3 is 9.84 Å². The van der Waals surface area contributed by atoms with Gasteiger partial charge >= 0.3 is 6.09 Å². The first-order valence-corrected chi connectivity index (χ1v) is 6.30. The number of halogens is 2. The van der Waals surface area contributed by atoms with Gasteiger partial charge in [-0.3, -0.25) is 5.32 Å². The summed E-state index contributed by atoms with van der Waals surface area (Å²) < 4.78 is 18.5. The van der Waals surface area contributed by atoms with Crippen LogP contribution >= 0.6 is 11.6 Å². The van der Waals surface area contributed by atoms with Crippen molar-refractivity contribution in [2.75, 3.05) is 11.2 Å². The van der Waals surface area contributed by atoms with Crippen LogP contribution < -0.4 is 5.32 Å². The number of carbonyl (C=O) groups excluding carboxylic acids is 1. The van der Waals surface area contributed by atoms with Gasteiger partial charge in [0.1, 0.15) is 11.4 Å². The van der Waals surface area contributed by atoms with E-state index >= 15 is 0 Å². The normalized spacial score (nSPS) is 12.9. The highest BCUT2D eigenvalue weighted by Crippen LogP contribution is 2.22. The van der Waals surface area contributed by atoms with E-state index < -0.39 is 23.6 Å². The largest absolute Gasteiger partial charge is 0.444 e. The number of amides is 1. The summed E-state index contributed by atoms with van der Waals surface area (Å²) in [6, 6.07) is 3.85. The number of anilines is 1. The lowest BCUT2D eigenvalue weighted by Crippen LogP contribution is -2.27. The van der Waals surface area contributed by atoms with Crippen molar-refractivity contribution in [1.82, 2.24) is 0 Å². The van der Waals surface area contributed by atoms with E-state index in [1.54, 1.807) is 20.8 Å². The predicted molar refractivity (Wildman–Crippen MR) is 71.9 cm³/mol. The van der Waals surface area contributed by atoms with Gasteiger partial charge in [-0.25, -0.2) is 9.18 Å². The Labute approximate surface area is 116 Å². The van der Waals surface area contributed by atoms with E-state index in [-0.39, 0.29) is 11.4 Å². The molecule has 1 aromatic carbocycles. The molecule has 4 nitrogen and oxygen atoms in total. The van der Waals surface area contributed by atoms with Crippen molar-refractivity contribution < 1.29 is 19.0 Å². The zero-order valence-corrected chi connectivity index (χ0v) is 11.8. The molecule has 0 aliphatic rings. The monoisotopic (exact) mass is 289 g/mol. The van der Waals surface area contributed by atoms with Gasteiger partial charge in [0.25, 0.3) is 0 Å². The van der Waals surface area contributed by atoms with Crippen LogP contribution in [0.1, 0.15) is 32.4 Å². The summed E-state index contributed by atoms with van der Waals surface area (Å²) in [5.74, 6) is -0.713. The SMILES string of the molecule is CC(C)(C)OC(=O)Nc1ccc(F)c(C(O)CCl)c1. The van der Waals surface area contributed by atoms with E-state index in [1.165, 1.54) is 12.1 Å². The van der Waals surface area contributed by atoms with Crippen LogP contribution in [0.5, 0.6) is 0 Å². The molecule has 19 heavy (non-hydrogen) atoms. The van der Waals surface area contributed by atoms with Crippen LogP contribution in [-0.4, -0.2) is 22.7 Å². The first-order chi connectivity index (χ1) is 8.73. The average Bonchev–Trinajstić information content (AvgIpc) is 2.28. The number of nitrogens with one attached hydrogen (secondary N) is 1. The summed E-state index contributed by atoms with van der Waals surface area (Å²) in [4.78, 5) is 11.5. The van der Waals surface area contributed by atoms with Crippen LogP contribution in [-0.2, 0) is 4.74 Å². The molecule has 0 saturated heterocycles. The third-order valence-electron chi connectivity index (χ3n) is 2.15. The van der Waals surface area contributed by atoms with Gasteiger partial charge in [-0.1, -0.05) is 0 Å². The molecule has 1 amide bonds. The zero-order chi connectivity index (χ0) is 14.6. The van der Waals surface area contributed by atoms with Crippen LogP contribution in [0.2, 0.25) is 0 Å². The molecule has 0 bridgehead atoms. The molecule has 6 heteroatoms. The van der Waals surface area contributed by atoms with Crippen molar-refractivity contribution >= 4 is 23.4 Å². The van der Waals surface area contributed by atoms with Crippen molar-refractivity contribution in [2.45, 2.75) is 32.5 Å². The predicted octanol–water partition coefficient (Wildman–Crippen LogP) is 3.44. The fourth-order valence-electron chi connectivity index (χ4n) is 1.38. The number of ether oxygens (including phenoxy) is 1. The minimum Gasteiger partial charge on any atom is -0.444 e. The lowest BCUT2D eigenvalue weighted by Gasteiger charge is -2.20. The average molecular weight is 290 g/mol. The molecule has 1 aromatic rings. The quantitative estimate of drug-likeness (QED) is 0.838. The molecule has 0 aliphatic carbocycles. The van der Waals surface area contributed by atoms with Crippen LogP contribution in [0.15, 0.2) is 18.2 Å². The standard InChI is InChI=1S/C13H17ClFNO3/c1-13(2,3)19-12(18)16-8-4-5-10(15)9(6-8)11(17)7-14/h4-6,11,17H,7H2,1-3H3,(H,16,18). The molecule has 1 atom stereocenters. The number of hydrogen-bond donors (Lipinski definition) is 2. The van der Waals surface area contributed by atoms with Crippen molar-refractivity contribution in [3.63, 3.8) is 0 Å². The molecule has 0 heterocycles. The molecule has 1 rings (SSSR count). The second-order valence-electron chi connectivity index (χ2n) is 5.03. The van der Waals surface area contributed by atoms with Crippen LogP contribution in [0.25, 0.3) is 0 Å². The van der Waals surface area contributed by atoms with E-state index in [4.69, 9.17) is 16.3 Å². The number of hydrogen-bond acceptors (Lipinski definition) is 3. The van der Waals surface area contributed by atoms with Gasteiger partial charge in [0, 0.05) is 11.3 Å². The van der Waals surface area contributed by atoms with Crippen LogP contribution in [0, 0.1) is 5.82 Å². The van der Waals surface area contributed by atoms with E-state index in [2.05, 4.69) is 5.32 Å². The Morgan fingerprint density at radius 2 is 2.16 bits per heavy atom. The van der Waals surface area contributed by atoms with Gasteiger partial charge in [0.05, 0.1) is 12.0 Å². The minimum absolute atomic E-state index is 0.0311. The number of alkyl halides is 1. The maximum absolute atomic E-state index is 13.5. The molecule has 0 saturated carbocycles. The van der Waals surface area contributed by atoms with Crippen molar-refractivity contribution in [2.24, 2.45) is 0 Å². The Hall–Kier alpha value is -1.33. The second-order valence-corrected chi connectivity index (χ2v) is 5.34. The van der Waals surface area contributed by atoms with Crippen molar-refractivity contribution in [3.05, 3.63) is 29.6 Å². The van der Waals surface area contributed by atoms with Crippen LogP contribution in [0.3, 0.4) is 0 Å². The maximum atomic E-state index is 13.5. The molecule has 1 unspecified atom stereocenters. The van der Waals surface area contributed by atoms with E-state index in [9.17, 15) is 14.3 Å². The Bertz CT molecular complexity index is 460. The van der Waals surface area contributed by atoms with E-state index in [1.807, 2.05) is 0 Å². The van der Waals surface area contributed by atoms with Gasteiger partial charge in [-0.2, -0.15) is 0 Å². The summed E-state index contributed by atoms with van der Waals surface area (Å²) in [6.45, 7) is 5.21.